The summed E-state index contributed by atoms with van der Waals surface area (Å²) in [7, 11) is 0. The van der Waals surface area contributed by atoms with Crippen LogP contribution in [0, 0.1) is 11.8 Å². The van der Waals surface area contributed by atoms with Crippen molar-refractivity contribution in [2.75, 3.05) is 0 Å². The molecule has 0 saturated carbocycles. The van der Waals surface area contributed by atoms with E-state index in [1.54, 1.807) is 0 Å². The van der Waals surface area contributed by atoms with Gasteiger partial charge in [0.05, 0.1) is 0 Å². The summed E-state index contributed by atoms with van der Waals surface area (Å²) in [6, 6.07) is 25.0. The van der Waals surface area contributed by atoms with E-state index in [-0.39, 0.29) is 0 Å². The van der Waals surface area contributed by atoms with Gasteiger partial charge >= 0.3 is 0 Å². The highest BCUT2D eigenvalue weighted by Crippen LogP contribution is 2.33. The number of unbranched alkanes of at least 4 members (excludes halogenated alkanes) is 6. The summed E-state index contributed by atoms with van der Waals surface area (Å²) in [6.07, 6.45) is 17.9. The highest BCUT2D eigenvalue weighted by atomic mass is 16.5. The molecule has 0 aliphatic heterocycles. The Balaban J connectivity index is 1.57. The molecule has 0 saturated heterocycles. The van der Waals surface area contributed by atoms with E-state index in [0.717, 1.165) is 47.7 Å². The maximum atomic E-state index is 6.42. The van der Waals surface area contributed by atoms with Gasteiger partial charge in [0.1, 0.15) is 23.0 Å². The Morgan fingerprint density at radius 3 is 1.40 bits per heavy atom. The van der Waals surface area contributed by atoms with E-state index < -0.39 is 0 Å². The molecule has 2 nitrogen and oxygen atoms in total. The minimum atomic E-state index is 0.741. The van der Waals surface area contributed by atoms with Crippen LogP contribution in [0.25, 0.3) is 0 Å². The lowest BCUT2D eigenvalue weighted by atomic mass is 9.95. The Bertz CT molecular complexity index is 1010. The van der Waals surface area contributed by atoms with Gasteiger partial charge in [0.15, 0.2) is 0 Å². The van der Waals surface area contributed by atoms with Crippen molar-refractivity contribution in [1.82, 2.24) is 0 Å². The van der Waals surface area contributed by atoms with Crippen LogP contribution in [0.15, 0.2) is 72.8 Å². The molecule has 0 bridgehead atoms. The van der Waals surface area contributed by atoms with Gasteiger partial charge in [0, 0.05) is 6.07 Å². The predicted molar refractivity (Wildman–Crippen MR) is 172 cm³/mol. The van der Waals surface area contributed by atoms with Crippen molar-refractivity contribution in [3.63, 3.8) is 0 Å². The zero-order chi connectivity index (χ0) is 28.4. The molecule has 40 heavy (non-hydrogen) atoms. The van der Waals surface area contributed by atoms with E-state index in [9.17, 15) is 0 Å². The minimum Gasteiger partial charge on any atom is -0.457 e. The fourth-order valence-corrected chi connectivity index (χ4v) is 5.41. The molecule has 0 amide bonds. The Labute approximate surface area is 245 Å². The van der Waals surface area contributed by atoms with Crippen molar-refractivity contribution in [3.05, 3.63) is 83.9 Å². The van der Waals surface area contributed by atoms with E-state index in [2.05, 4.69) is 76.2 Å². The summed E-state index contributed by atoms with van der Waals surface area (Å²) in [5.41, 5.74) is 2.56. The van der Waals surface area contributed by atoms with Crippen LogP contribution in [0.4, 0.5) is 0 Å². The van der Waals surface area contributed by atoms with Crippen LogP contribution in [-0.2, 0) is 12.8 Å². The summed E-state index contributed by atoms with van der Waals surface area (Å²) < 4.78 is 12.8. The van der Waals surface area contributed by atoms with Crippen molar-refractivity contribution in [3.8, 4) is 23.0 Å². The van der Waals surface area contributed by atoms with E-state index in [0.29, 0.717) is 0 Å². The Hall–Kier alpha value is -2.74. The van der Waals surface area contributed by atoms with Gasteiger partial charge in [-0.05, 0) is 72.9 Å². The van der Waals surface area contributed by atoms with Gasteiger partial charge in [-0.3, -0.25) is 0 Å². The Morgan fingerprint density at radius 2 is 0.950 bits per heavy atom. The zero-order valence-electron chi connectivity index (χ0n) is 25.8. The number of para-hydroxylation sites is 2. The van der Waals surface area contributed by atoms with Crippen molar-refractivity contribution >= 4 is 0 Å². The first-order valence-corrected chi connectivity index (χ1v) is 16.2. The average Bonchev–Trinajstić information content (AvgIpc) is 2.97. The summed E-state index contributed by atoms with van der Waals surface area (Å²) in [5, 5.41) is 0. The molecular weight excluding hydrogens is 488 g/mol. The fraction of sp³-hybridized carbons (Fsp3) is 0.526. The van der Waals surface area contributed by atoms with Crippen LogP contribution in [0.1, 0.15) is 116 Å². The molecule has 3 aromatic rings. The van der Waals surface area contributed by atoms with Gasteiger partial charge in [-0.1, -0.05) is 134 Å². The zero-order valence-corrected chi connectivity index (χ0v) is 25.8. The van der Waals surface area contributed by atoms with Crippen LogP contribution in [0.3, 0.4) is 0 Å². The smallest absolute Gasteiger partial charge is 0.131 e. The molecule has 3 aromatic carbocycles. The lowest BCUT2D eigenvalue weighted by Gasteiger charge is -2.16. The van der Waals surface area contributed by atoms with Gasteiger partial charge in [-0.2, -0.15) is 0 Å². The fourth-order valence-electron chi connectivity index (χ4n) is 5.41. The molecule has 0 aromatic heterocycles. The quantitative estimate of drug-likeness (QED) is 0.132. The summed E-state index contributed by atoms with van der Waals surface area (Å²) in [4.78, 5) is 0. The average molecular weight is 543 g/mol. The molecular formula is C38H54O2. The van der Waals surface area contributed by atoms with Crippen molar-refractivity contribution < 1.29 is 9.47 Å². The second kappa shape index (κ2) is 18.6. The molecule has 2 heteroatoms. The third-order valence-corrected chi connectivity index (χ3v) is 8.12. The van der Waals surface area contributed by atoms with Crippen LogP contribution in [0.2, 0.25) is 0 Å². The third kappa shape index (κ3) is 11.8. The topological polar surface area (TPSA) is 18.5 Å². The first kappa shape index (κ1) is 31.8. The minimum absolute atomic E-state index is 0.741. The number of rotatable bonds is 20. The standard InChI is InChI=1S/C38H54O2/c1-5-7-9-11-18-31(3)26-28-33-20-13-15-24-37(33)39-35-22-17-23-36(30-35)40-38-25-16-14-21-34(38)29-27-32(4)19-12-10-8-6-2/h13-17,20-25,30-32H,5-12,18-19,26-29H2,1-4H3. The summed E-state index contributed by atoms with van der Waals surface area (Å²) >= 11 is 0. The molecule has 0 heterocycles. The Kier molecular flexibility index (Phi) is 14.8. The summed E-state index contributed by atoms with van der Waals surface area (Å²) in [6.45, 7) is 9.34. The van der Waals surface area contributed by atoms with Gasteiger partial charge in [-0.15, -0.1) is 0 Å². The van der Waals surface area contributed by atoms with Gasteiger partial charge < -0.3 is 9.47 Å². The lowest BCUT2D eigenvalue weighted by molar-refractivity contribution is 0.438. The SMILES string of the molecule is CCCCCCC(C)CCc1ccccc1Oc1cccc(Oc2ccccc2CCC(C)CCCCCC)c1. The summed E-state index contributed by atoms with van der Waals surface area (Å²) in [5.74, 6) is 5.01. The molecule has 0 aliphatic rings. The maximum Gasteiger partial charge on any atom is 0.131 e. The van der Waals surface area contributed by atoms with Crippen LogP contribution >= 0.6 is 0 Å². The van der Waals surface area contributed by atoms with Crippen LogP contribution < -0.4 is 9.47 Å². The number of ether oxygens (including phenoxy) is 2. The molecule has 2 unspecified atom stereocenters. The molecule has 0 N–H and O–H groups in total. The number of hydrogen-bond acceptors (Lipinski definition) is 2. The molecule has 0 fully saturated rings. The van der Waals surface area contributed by atoms with E-state index in [1.807, 2.05) is 24.3 Å². The molecule has 3 rings (SSSR count). The second-order valence-corrected chi connectivity index (χ2v) is 11.9. The van der Waals surface area contributed by atoms with Gasteiger partial charge in [0.25, 0.3) is 0 Å². The van der Waals surface area contributed by atoms with Gasteiger partial charge in [0.2, 0.25) is 0 Å². The molecule has 0 aliphatic carbocycles. The van der Waals surface area contributed by atoms with Crippen molar-refractivity contribution in [2.24, 2.45) is 11.8 Å². The number of aryl methyl sites for hydroxylation is 2. The molecule has 218 valence electrons. The number of benzene rings is 3. The van der Waals surface area contributed by atoms with E-state index in [1.165, 1.54) is 88.2 Å². The maximum absolute atomic E-state index is 6.42. The first-order chi connectivity index (χ1) is 19.6. The number of hydrogen-bond donors (Lipinski definition) is 0. The molecule has 2 atom stereocenters. The predicted octanol–water partition coefficient (Wildman–Crippen LogP) is 12.3. The van der Waals surface area contributed by atoms with E-state index >= 15 is 0 Å². The monoisotopic (exact) mass is 542 g/mol. The lowest BCUT2D eigenvalue weighted by Crippen LogP contribution is -2.00. The van der Waals surface area contributed by atoms with Crippen molar-refractivity contribution in [1.29, 1.82) is 0 Å². The molecule has 0 spiro atoms. The van der Waals surface area contributed by atoms with Crippen LogP contribution in [-0.4, -0.2) is 0 Å². The largest absolute Gasteiger partial charge is 0.457 e. The van der Waals surface area contributed by atoms with Gasteiger partial charge in [-0.25, -0.2) is 0 Å². The van der Waals surface area contributed by atoms with Crippen LogP contribution in [0.5, 0.6) is 23.0 Å². The normalized spacial score (nSPS) is 12.7. The second-order valence-electron chi connectivity index (χ2n) is 11.9. The van der Waals surface area contributed by atoms with Crippen molar-refractivity contribution in [2.45, 2.75) is 118 Å². The molecule has 0 radical (unpaired) electrons. The highest BCUT2D eigenvalue weighted by Gasteiger charge is 2.11. The first-order valence-electron chi connectivity index (χ1n) is 16.2. The Morgan fingerprint density at radius 1 is 0.500 bits per heavy atom. The highest BCUT2D eigenvalue weighted by molar-refractivity contribution is 5.43. The van der Waals surface area contributed by atoms with E-state index in [4.69, 9.17) is 9.47 Å². The third-order valence-electron chi connectivity index (χ3n) is 8.12.